The van der Waals surface area contributed by atoms with Gasteiger partial charge in [-0.15, -0.1) is 0 Å². The van der Waals surface area contributed by atoms with Crippen LogP contribution in [-0.4, -0.2) is 11.1 Å². The molecule has 0 amide bonds. The molecule has 0 unspecified atom stereocenters. The van der Waals surface area contributed by atoms with E-state index in [0.29, 0.717) is 5.58 Å². The van der Waals surface area contributed by atoms with Crippen LogP contribution >= 0.6 is 0 Å². The fourth-order valence-corrected chi connectivity index (χ4v) is 1.77. The highest BCUT2D eigenvalue weighted by Gasteiger charge is 2.18. The average molecular weight is 204 g/mol. The van der Waals surface area contributed by atoms with Gasteiger partial charge in [-0.25, -0.2) is 4.79 Å². The minimum absolute atomic E-state index is 0.0815. The normalized spacial score (nSPS) is 10.7. The summed E-state index contributed by atoms with van der Waals surface area (Å²) in [6.45, 7) is 2.02. The summed E-state index contributed by atoms with van der Waals surface area (Å²) < 4.78 is 5.31. The van der Waals surface area contributed by atoms with Crippen LogP contribution in [0.1, 0.15) is 29.5 Å². The third kappa shape index (κ3) is 1.61. The Kier molecular flexibility index (Phi) is 2.46. The molecule has 1 N–H and O–H groups in total. The molecule has 1 aromatic carbocycles. The molecular formula is C12H12O3. The fourth-order valence-electron chi connectivity index (χ4n) is 1.77. The van der Waals surface area contributed by atoms with Gasteiger partial charge >= 0.3 is 5.97 Å². The number of rotatable bonds is 3. The number of hydrogen-bond donors (Lipinski definition) is 1. The Hall–Kier alpha value is -1.77. The van der Waals surface area contributed by atoms with E-state index in [2.05, 4.69) is 0 Å². The molecule has 0 aliphatic rings. The van der Waals surface area contributed by atoms with Crippen LogP contribution in [0.2, 0.25) is 0 Å². The van der Waals surface area contributed by atoms with Gasteiger partial charge in [0.05, 0.1) is 0 Å². The molecule has 1 heterocycles. The zero-order valence-corrected chi connectivity index (χ0v) is 8.49. The van der Waals surface area contributed by atoms with Crippen molar-refractivity contribution in [1.29, 1.82) is 0 Å². The van der Waals surface area contributed by atoms with Crippen LogP contribution in [-0.2, 0) is 6.42 Å². The third-order valence-electron chi connectivity index (χ3n) is 2.39. The second kappa shape index (κ2) is 3.77. The highest BCUT2D eigenvalue weighted by molar-refractivity contribution is 5.95. The molecule has 0 atom stereocenters. The summed E-state index contributed by atoms with van der Waals surface area (Å²) in [6, 6.07) is 7.42. The molecule has 3 nitrogen and oxygen atoms in total. The van der Waals surface area contributed by atoms with E-state index in [4.69, 9.17) is 9.52 Å². The predicted octanol–water partition coefficient (Wildman–Crippen LogP) is 3.08. The molecule has 2 aromatic rings. The summed E-state index contributed by atoms with van der Waals surface area (Å²) in [5, 5.41) is 9.91. The highest BCUT2D eigenvalue weighted by atomic mass is 16.4. The van der Waals surface area contributed by atoms with E-state index >= 15 is 0 Å². The maximum atomic E-state index is 11.0. The summed E-state index contributed by atoms with van der Waals surface area (Å²) >= 11 is 0. The first-order valence-electron chi connectivity index (χ1n) is 4.97. The van der Waals surface area contributed by atoms with Gasteiger partial charge in [-0.05, 0) is 12.5 Å². The minimum atomic E-state index is -0.991. The molecule has 0 aliphatic heterocycles. The van der Waals surface area contributed by atoms with Crippen molar-refractivity contribution < 1.29 is 14.3 Å². The zero-order chi connectivity index (χ0) is 10.8. The standard InChI is InChI=1S/C12H12O3/c1-2-5-9-8-6-3-4-7-10(8)15-11(9)12(13)14/h3-4,6-7H,2,5H2,1H3,(H,13,14). The van der Waals surface area contributed by atoms with Crippen molar-refractivity contribution in [2.45, 2.75) is 19.8 Å². The molecule has 0 saturated heterocycles. The van der Waals surface area contributed by atoms with Gasteiger partial charge in [-0.1, -0.05) is 31.5 Å². The number of carboxylic acids is 1. The van der Waals surface area contributed by atoms with Gasteiger partial charge in [-0.3, -0.25) is 0 Å². The molecule has 0 aliphatic carbocycles. The average Bonchev–Trinajstić information content (AvgIpc) is 2.58. The molecule has 3 heteroatoms. The van der Waals surface area contributed by atoms with E-state index < -0.39 is 5.97 Å². The lowest BCUT2D eigenvalue weighted by Gasteiger charge is -1.95. The molecule has 0 radical (unpaired) electrons. The first-order chi connectivity index (χ1) is 7.24. The Bertz CT molecular complexity index is 497. The Morgan fingerprint density at radius 2 is 2.13 bits per heavy atom. The number of aryl methyl sites for hydroxylation is 1. The van der Waals surface area contributed by atoms with E-state index in [0.717, 1.165) is 23.8 Å². The number of carboxylic acid groups (broad SMARTS) is 1. The highest BCUT2D eigenvalue weighted by Crippen LogP contribution is 2.26. The van der Waals surface area contributed by atoms with Crippen molar-refractivity contribution in [3.8, 4) is 0 Å². The van der Waals surface area contributed by atoms with Crippen molar-refractivity contribution in [2.24, 2.45) is 0 Å². The van der Waals surface area contributed by atoms with Gasteiger partial charge in [0.15, 0.2) is 0 Å². The molecule has 0 bridgehead atoms. The SMILES string of the molecule is CCCc1c(C(=O)O)oc2ccccc12. The lowest BCUT2D eigenvalue weighted by molar-refractivity contribution is 0.0663. The molecule has 0 fully saturated rings. The molecular weight excluding hydrogens is 192 g/mol. The summed E-state index contributed by atoms with van der Waals surface area (Å²) in [7, 11) is 0. The summed E-state index contributed by atoms with van der Waals surface area (Å²) in [5.74, 6) is -0.910. The monoisotopic (exact) mass is 204 g/mol. The van der Waals surface area contributed by atoms with Crippen molar-refractivity contribution >= 4 is 16.9 Å². The Morgan fingerprint density at radius 1 is 1.40 bits per heavy atom. The Balaban J connectivity index is 2.68. The molecule has 1 aromatic heterocycles. The van der Waals surface area contributed by atoms with Gasteiger partial charge in [0.25, 0.3) is 0 Å². The van der Waals surface area contributed by atoms with Gasteiger partial charge in [0, 0.05) is 10.9 Å². The van der Waals surface area contributed by atoms with Crippen molar-refractivity contribution in [3.05, 3.63) is 35.6 Å². The van der Waals surface area contributed by atoms with Crippen LogP contribution in [0.25, 0.3) is 11.0 Å². The molecule has 15 heavy (non-hydrogen) atoms. The summed E-state index contributed by atoms with van der Waals surface area (Å²) in [5.41, 5.74) is 1.46. The summed E-state index contributed by atoms with van der Waals surface area (Å²) in [4.78, 5) is 11.0. The van der Waals surface area contributed by atoms with E-state index in [-0.39, 0.29) is 5.76 Å². The van der Waals surface area contributed by atoms with E-state index in [1.165, 1.54) is 0 Å². The summed E-state index contributed by atoms with van der Waals surface area (Å²) in [6.07, 6.45) is 1.64. The number of hydrogen-bond acceptors (Lipinski definition) is 2. The molecule has 2 rings (SSSR count). The second-order valence-electron chi connectivity index (χ2n) is 3.46. The first-order valence-corrected chi connectivity index (χ1v) is 4.97. The molecule has 0 saturated carbocycles. The topological polar surface area (TPSA) is 50.4 Å². The lowest BCUT2D eigenvalue weighted by atomic mass is 10.1. The number of aromatic carboxylic acids is 1. The lowest BCUT2D eigenvalue weighted by Crippen LogP contribution is -1.98. The fraction of sp³-hybridized carbons (Fsp3) is 0.250. The number of benzene rings is 1. The largest absolute Gasteiger partial charge is 0.475 e. The van der Waals surface area contributed by atoms with E-state index in [1.807, 2.05) is 25.1 Å². The quantitative estimate of drug-likeness (QED) is 0.835. The van der Waals surface area contributed by atoms with Gasteiger partial charge in [0.1, 0.15) is 5.58 Å². The van der Waals surface area contributed by atoms with Crippen LogP contribution in [0.5, 0.6) is 0 Å². The van der Waals surface area contributed by atoms with Crippen LogP contribution in [0, 0.1) is 0 Å². The maximum absolute atomic E-state index is 11.0. The van der Waals surface area contributed by atoms with Crippen molar-refractivity contribution in [3.63, 3.8) is 0 Å². The van der Waals surface area contributed by atoms with E-state index in [1.54, 1.807) is 6.07 Å². The smallest absolute Gasteiger partial charge is 0.372 e. The maximum Gasteiger partial charge on any atom is 0.372 e. The Labute approximate surface area is 87.3 Å². The van der Waals surface area contributed by atoms with Crippen LogP contribution in [0.4, 0.5) is 0 Å². The van der Waals surface area contributed by atoms with Crippen LogP contribution < -0.4 is 0 Å². The van der Waals surface area contributed by atoms with Crippen LogP contribution in [0.15, 0.2) is 28.7 Å². The second-order valence-corrected chi connectivity index (χ2v) is 3.46. The van der Waals surface area contributed by atoms with Gasteiger partial charge in [0.2, 0.25) is 5.76 Å². The minimum Gasteiger partial charge on any atom is -0.475 e. The van der Waals surface area contributed by atoms with E-state index in [9.17, 15) is 4.79 Å². The first kappa shape index (κ1) is 9.77. The number of para-hydroxylation sites is 1. The number of fused-ring (bicyclic) bond motifs is 1. The third-order valence-corrected chi connectivity index (χ3v) is 2.39. The molecule has 0 spiro atoms. The van der Waals surface area contributed by atoms with Gasteiger partial charge in [-0.2, -0.15) is 0 Å². The number of carbonyl (C=O) groups is 1. The predicted molar refractivity (Wildman–Crippen MR) is 57.2 cm³/mol. The zero-order valence-electron chi connectivity index (χ0n) is 8.49. The van der Waals surface area contributed by atoms with Crippen LogP contribution in [0.3, 0.4) is 0 Å². The number of furan rings is 1. The van der Waals surface area contributed by atoms with Gasteiger partial charge < -0.3 is 9.52 Å². The molecule has 78 valence electrons. The Morgan fingerprint density at radius 3 is 2.80 bits per heavy atom. The van der Waals surface area contributed by atoms with Crippen molar-refractivity contribution in [1.82, 2.24) is 0 Å². The van der Waals surface area contributed by atoms with Crippen molar-refractivity contribution in [2.75, 3.05) is 0 Å².